The van der Waals surface area contributed by atoms with Crippen LogP contribution in [0, 0.1) is 5.82 Å². The summed E-state index contributed by atoms with van der Waals surface area (Å²) in [5, 5.41) is 7.00. The van der Waals surface area contributed by atoms with E-state index in [1.807, 2.05) is 25.2 Å². The SMILES string of the molecule is CN(C(=O)C1CCCC(=O)N1)C1CCN(c2nc(Nc3ccc(Cl)cc3F)c3cc(Br)ccc3n2)CC1. The number of carbonyl (C=O) groups is 2. The van der Waals surface area contributed by atoms with Crippen molar-refractivity contribution in [3.63, 3.8) is 0 Å². The van der Waals surface area contributed by atoms with Crippen molar-refractivity contribution in [3.8, 4) is 0 Å². The molecule has 3 aromatic rings. The molecular formula is C26H27BrClFN6O2. The van der Waals surface area contributed by atoms with Crippen molar-refractivity contribution in [2.24, 2.45) is 0 Å². The van der Waals surface area contributed by atoms with Crippen molar-refractivity contribution in [1.82, 2.24) is 20.2 Å². The largest absolute Gasteiger partial charge is 0.344 e. The quantitative estimate of drug-likeness (QED) is 0.434. The van der Waals surface area contributed by atoms with E-state index in [1.165, 1.54) is 6.07 Å². The molecule has 2 aromatic carbocycles. The van der Waals surface area contributed by atoms with E-state index in [0.29, 0.717) is 42.7 Å². The lowest BCUT2D eigenvalue weighted by atomic mass is 9.99. The van der Waals surface area contributed by atoms with Gasteiger partial charge in [0.25, 0.3) is 0 Å². The average Bonchev–Trinajstić information content (AvgIpc) is 2.89. The van der Waals surface area contributed by atoms with Crippen LogP contribution in [-0.2, 0) is 9.59 Å². The van der Waals surface area contributed by atoms with E-state index in [9.17, 15) is 14.0 Å². The number of fused-ring (bicyclic) bond motifs is 1. The maximum Gasteiger partial charge on any atom is 0.245 e. The van der Waals surface area contributed by atoms with Crippen LogP contribution in [0.15, 0.2) is 40.9 Å². The monoisotopic (exact) mass is 588 g/mol. The number of aromatic nitrogens is 2. The predicted octanol–water partition coefficient (Wildman–Crippen LogP) is 5.02. The summed E-state index contributed by atoms with van der Waals surface area (Å²) in [6, 6.07) is 9.78. The molecule has 8 nitrogen and oxygen atoms in total. The Kier molecular flexibility index (Phi) is 7.48. The molecule has 2 fully saturated rings. The molecule has 1 unspecified atom stereocenters. The molecular weight excluding hydrogens is 563 g/mol. The van der Waals surface area contributed by atoms with Crippen LogP contribution in [0.25, 0.3) is 10.9 Å². The zero-order chi connectivity index (χ0) is 26.1. The summed E-state index contributed by atoms with van der Waals surface area (Å²) < 4.78 is 15.4. The second-order valence-corrected chi connectivity index (χ2v) is 10.8. The van der Waals surface area contributed by atoms with E-state index in [-0.39, 0.29) is 23.5 Å². The second kappa shape index (κ2) is 10.8. The molecule has 2 aliphatic heterocycles. The number of hydrogen-bond acceptors (Lipinski definition) is 6. The molecule has 5 rings (SSSR count). The number of nitrogens with zero attached hydrogens (tertiary/aromatic N) is 4. The van der Waals surface area contributed by atoms with Gasteiger partial charge in [0, 0.05) is 47.5 Å². The molecule has 2 aliphatic rings. The molecule has 2 saturated heterocycles. The zero-order valence-corrected chi connectivity index (χ0v) is 22.6. The van der Waals surface area contributed by atoms with Gasteiger partial charge < -0.3 is 20.4 Å². The third-order valence-electron chi connectivity index (χ3n) is 7.00. The Balaban J connectivity index is 1.34. The summed E-state index contributed by atoms with van der Waals surface area (Å²) in [5.41, 5.74) is 0.997. The van der Waals surface area contributed by atoms with Crippen LogP contribution in [0.3, 0.4) is 0 Å². The number of rotatable bonds is 5. The molecule has 0 bridgehead atoms. The van der Waals surface area contributed by atoms with Crippen molar-refractivity contribution < 1.29 is 14.0 Å². The number of benzene rings is 2. The third kappa shape index (κ3) is 5.65. The summed E-state index contributed by atoms with van der Waals surface area (Å²) in [6.45, 7) is 1.33. The lowest BCUT2D eigenvalue weighted by Crippen LogP contribution is -2.54. The first-order chi connectivity index (χ1) is 17.8. The molecule has 2 amide bonds. The lowest BCUT2D eigenvalue weighted by molar-refractivity contribution is -0.139. The fourth-order valence-corrected chi connectivity index (χ4v) is 5.43. The first-order valence-corrected chi connectivity index (χ1v) is 13.5. The zero-order valence-electron chi connectivity index (χ0n) is 20.3. The van der Waals surface area contributed by atoms with E-state index < -0.39 is 11.9 Å². The predicted molar refractivity (Wildman–Crippen MR) is 146 cm³/mol. The van der Waals surface area contributed by atoms with Gasteiger partial charge in [0.05, 0.1) is 11.2 Å². The van der Waals surface area contributed by atoms with Gasteiger partial charge in [-0.2, -0.15) is 4.98 Å². The Morgan fingerprint density at radius 2 is 1.97 bits per heavy atom. The topological polar surface area (TPSA) is 90.5 Å². The minimum Gasteiger partial charge on any atom is -0.344 e. The molecule has 1 aromatic heterocycles. The minimum atomic E-state index is -0.474. The van der Waals surface area contributed by atoms with Gasteiger partial charge in [0.15, 0.2) is 0 Å². The van der Waals surface area contributed by atoms with Crippen LogP contribution in [0.1, 0.15) is 32.1 Å². The Labute approximate surface area is 227 Å². The van der Waals surface area contributed by atoms with Crippen LogP contribution >= 0.6 is 27.5 Å². The summed E-state index contributed by atoms with van der Waals surface area (Å²) >= 11 is 9.41. The van der Waals surface area contributed by atoms with Gasteiger partial charge in [-0.1, -0.05) is 27.5 Å². The van der Waals surface area contributed by atoms with Crippen molar-refractivity contribution in [3.05, 3.63) is 51.7 Å². The Morgan fingerprint density at radius 1 is 1.19 bits per heavy atom. The normalized spacial score (nSPS) is 18.5. The molecule has 0 spiro atoms. The van der Waals surface area contributed by atoms with Crippen molar-refractivity contribution in [2.45, 2.75) is 44.2 Å². The van der Waals surface area contributed by atoms with Crippen LogP contribution < -0.4 is 15.5 Å². The number of anilines is 3. The van der Waals surface area contributed by atoms with Crippen molar-refractivity contribution in [2.75, 3.05) is 30.4 Å². The number of nitrogens with one attached hydrogen (secondary N) is 2. The fraction of sp³-hybridized carbons (Fsp3) is 0.385. The highest BCUT2D eigenvalue weighted by Gasteiger charge is 2.32. The Hall–Kier alpha value is -2.98. The van der Waals surface area contributed by atoms with Crippen LogP contribution in [-0.4, -0.2) is 58.9 Å². The third-order valence-corrected chi connectivity index (χ3v) is 7.73. The first kappa shape index (κ1) is 25.7. The summed E-state index contributed by atoms with van der Waals surface area (Å²) in [6.07, 6.45) is 3.40. The van der Waals surface area contributed by atoms with Crippen LogP contribution in [0.2, 0.25) is 5.02 Å². The lowest BCUT2D eigenvalue weighted by Gasteiger charge is -2.38. The molecule has 0 aliphatic carbocycles. The number of hydrogen-bond donors (Lipinski definition) is 2. The highest BCUT2D eigenvalue weighted by molar-refractivity contribution is 9.10. The Bertz CT molecular complexity index is 1350. The molecule has 2 N–H and O–H groups in total. The van der Waals surface area contributed by atoms with Gasteiger partial charge in [0.2, 0.25) is 17.8 Å². The van der Waals surface area contributed by atoms with E-state index in [0.717, 1.165) is 34.6 Å². The highest BCUT2D eigenvalue weighted by Crippen LogP contribution is 2.31. The number of halogens is 3. The number of amides is 2. The summed E-state index contributed by atoms with van der Waals surface area (Å²) in [5.74, 6) is 0.467. The average molecular weight is 590 g/mol. The molecule has 1 atom stereocenters. The first-order valence-electron chi connectivity index (χ1n) is 12.3. The minimum absolute atomic E-state index is 0.0319. The molecule has 194 valence electrons. The van der Waals surface area contributed by atoms with Gasteiger partial charge in [-0.05, 0) is 62.1 Å². The molecule has 3 heterocycles. The van der Waals surface area contributed by atoms with E-state index >= 15 is 0 Å². The summed E-state index contributed by atoms with van der Waals surface area (Å²) in [7, 11) is 1.82. The van der Waals surface area contributed by atoms with E-state index in [2.05, 4.69) is 31.5 Å². The highest BCUT2D eigenvalue weighted by atomic mass is 79.9. The number of carbonyl (C=O) groups excluding carboxylic acids is 2. The summed E-state index contributed by atoms with van der Waals surface area (Å²) in [4.78, 5) is 38.1. The van der Waals surface area contributed by atoms with Gasteiger partial charge in [-0.3, -0.25) is 9.59 Å². The Morgan fingerprint density at radius 3 is 2.70 bits per heavy atom. The molecule has 0 radical (unpaired) electrons. The van der Waals surface area contributed by atoms with Crippen LogP contribution in [0.5, 0.6) is 0 Å². The van der Waals surface area contributed by atoms with Crippen molar-refractivity contribution in [1.29, 1.82) is 0 Å². The van der Waals surface area contributed by atoms with E-state index in [4.69, 9.17) is 21.6 Å². The standard InChI is InChI=1S/C26H27BrClFN6O2/c1-34(25(37)22-3-2-4-23(36)30-22)17-9-11-35(12-10-17)26-32-20-7-5-15(27)13-18(20)24(33-26)31-21-8-6-16(28)14-19(21)29/h5-8,13-14,17,22H,2-4,9-12H2,1H3,(H,30,36)(H,31,32,33). The van der Waals surface area contributed by atoms with Crippen molar-refractivity contribution >= 4 is 67.7 Å². The second-order valence-electron chi connectivity index (χ2n) is 9.46. The van der Waals surface area contributed by atoms with Gasteiger partial charge >= 0.3 is 0 Å². The fourth-order valence-electron chi connectivity index (χ4n) is 4.91. The maximum atomic E-state index is 14.5. The van der Waals surface area contributed by atoms with Gasteiger partial charge in [0.1, 0.15) is 17.7 Å². The molecule has 37 heavy (non-hydrogen) atoms. The van der Waals surface area contributed by atoms with Gasteiger partial charge in [-0.15, -0.1) is 0 Å². The van der Waals surface area contributed by atoms with Crippen LogP contribution in [0.4, 0.5) is 21.8 Å². The number of piperidine rings is 2. The van der Waals surface area contributed by atoms with E-state index in [1.54, 1.807) is 17.0 Å². The maximum absolute atomic E-state index is 14.5. The van der Waals surface area contributed by atoms with Gasteiger partial charge in [-0.25, -0.2) is 9.37 Å². The molecule has 11 heteroatoms. The number of likely N-dealkylation sites (N-methyl/N-ethyl adjacent to an activating group) is 1. The molecule has 0 saturated carbocycles. The smallest absolute Gasteiger partial charge is 0.245 e.